The van der Waals surface area contributed by atoms with Gasteiger partial charge in [0.1, 0.15) is 12.2 Å². The van der Waals surface area contributed by atoms with Gasteiger partial charge in [-0.25, -0.2) is 9.59 Å². The Morgan fingerprint density at radius 3 is 1.14 bits per heavy atom. The summed E-state index contributed by atoms with van der Waals surface area (Å²) >= 11 is 0. The molecule has 22 heavy (non-hydrogen) atoms. The standard InChI is InChI=1S/C16H14O6/c17-13(9-1-5-11(6-2-9)15(19)20)14(18)10-3-7-12(8-4-10)16(21)22/h1-8,13-14,17-18H,(H,19,20)(H,21,22)/t13-,14-/m1/s1. The summed E-state index contributed by atoms with van der Waals surface area (Å²) in [7, 11) is 0. The molecule has 0 aliphatic rings. The van der Waals surface area contributed by atoms with Crippen LogP contribution in [0.2, 0.25) is 0 Å². The van der Waals surface area contributed by atoms with E-state index in [-0.39, 0.29) is 11.1 Å². The molecule has 2 aromatic rings. The number of carboxylic acids is 2. The minimum absolute atomic E-state index is 0.0799. The van der Waals surface area contributed by atoms with Gasteiger partial charge in [0, 0.05) is 0 Å². The highest BCUT2D eigenvalue weighted by Crippen LogP contribution is 2.29. The Labute approximate surface area is 125 Å². The quantitative estimate of drug-likeness (QED) is 0.670. The second-order valence-electron chi connectivity index (χ2n) is 4.74. The van der Waals surface area contributed by atoms with Crippen LogP contribution in [0.1, 0.15) is 44.1 Å². The summed E-state index contributed by atoms with van der Waals surface area (Å²) in [5.41, 5.74) is 0.882. The zero-order chi connectivity index (χ0) is 16.3. The summed E-state index contributed by atoms with van der Waals surface area (Å²) in [5.74, 6) is -2.16. The lowest BCUT2D eigenvalue weighted by Gasteiger charge is -2.18. The molecule has 0 saturated carbocycles. The van der Waals surface area contributed by atoms with Gasteiger partial charge < -0.3 is 20.4 Å². The number of carbonyl (C=O) groups is 2. The van der Waals surface area contributed by atoms with Crippen LogP contribution in [0.3, 0.4) is 0 Å². The number of aromatic carboxylic acids is 2. The normalized spacial score (nSPS) is 13.4. The molecule has 2 aromatic carbocycles. The Bertz CT molecular complexity index is 613. The first-order valence-corrected chi connectivity index (χ1v) is 6.43. The molecule has 6 heteroatoms. The van der Waals surface area contributed by atoms with Crippen LogP contribution in [0, 0.1) is 0 Å². The lowest BCUT2D eigenvalue weighted by atomic mass is 9.97. The average molecular weight is 302 g/mol. The molecule has 0 heterocycles. The molecule has 6 nitrogen and oxygen atoms in total. The maximum atomic E-state index is 10.8. The highest BCUT2D eigenvalue weighted by atomic mass is 16.4. The van der Waals surface area contributed by atoms with Gasteiger partial charge in [-0.3, -0.25) is 0 Å². The third kappa shape index (κ3) is 3.30. The van der Waals surface area contributed by atoms with Gasteiger partial charge in [-0.05, 0) is 35.4 Å². The first-order valence-electron chi connectivity index (χ1n) is 6.43. The number of hydrogen-bond donors (Lipinski definition) is 4. The van der Waals surface area contributed by atoms with Crippen LogP contribution in [0.5, 0.6) is 0 Å². The Balaban J connectivity index is 2.18. The largest absolute Gasteiger partial charge is 0.478 e. The maximum absolute atomic E-state index is 10.8. The summed E-state index contributed by atoms with van der Waals surface area (Å²) in [6, 6.07) is 11.0. The van der Waals surface area contributed by atoms with E-state index in [4.69, 9.17) is 10.2 Å². The highest BCUT2D eigenvalue weighted by molar-refractivity contribution is 5.88. The Hall–Kier alpha value is -2.70. The van der Waals surface area contributed by atoms with Crippen LogP contribution in [-0.2, 0) is 0 Å². The number of carboxylic acid groups (broad SMARTS) is 2. The lowest BCUT2D eigenvalue weighted by Crippen LogP contribution is -2.11. The van der Waals surface area contributed by atoms with E-state index in [1.165, 1.54) is 48.5 Å². The molecule has 0 saturated heterocycles. The molecular formula is C16H14O6. The zero-order valence-corrected chi connectivity index (χ0v) is 11.4. The summed E-state index contributed by atoms with van der Waals surface area (Å²) in [5, 5.41) is 37.9. The number of aliphatic hydroxyl groups excluding tert-OH is 2. The summed E-state index contributed by atoms with van der Waals surface area (Å²) in [6.07, 6.45) is -2.50. The fourth-order valence-electron chi connectivity index (χ4n) is 2.01. The second-order valence-corrected chi connectivity index (χ2v) is 4.74. The fraction of sp³-hybridized carbons (Fsp3) is 0.125. The second kappa shape index (κ2) is 6.38. The van der Waals surface area contributed by atoms with Gasteiger partial charge in [-0.15, -0.1) is 0 Å². The summed E-state index contributed by atoms with van der Waals surface area (Å²) in [6.45, 7) is 0. The van der Waals surface area contributed by atoms with Crippen molar-refractivity contribution in [1.82, 2.24) is 0 Å². The summed E-state index contributed by atoms with van der Waals surface area (Å²) in [4.78, 5) is 21.5. The van der Waals surface area contributed by atoms with Gasteiger partial charge in [-0.1, -0.05) is 24.3 Å². The molecule has 0 spiro atoms. The number of hydrogen-bond acceptors (Lipinski definition) is 4. The van der Waals surface area contributed by atoms with Crippen LogP contribution >= 0.6 is 0 Å². The molecule has 0 fully saturated rings. The fourth-order valence-corrected chi connectivity index (χ4v) is 2.01. The van der Waals surface area contributed by atoms with E-state index in [0.29, 0.717) is 11.1 Å². The van der Waals surface area contributed by atoms with Gasteiger partial charge in [0.05, 0.1) is 11.1 Å². The minimum atomic E-state index is -1.25. The smallest absolute Gasteiger partial charge is 0.335 e. The molecule has 2 atom stereocenters. The average Bonchev–Trinajstić information content (AvgIpc) is 2.53. The summed E-state index contributed by atoms with van der Waals surface area (Å²) < 4.78 is 0. The van der Waals surface area contributed by atoms with E-state index < -0.39 is 24.1 Å². The maximum Gasteiger partial charge on any atom is 0.335 e. The molecule has 0 amide bonds. The van der Waals surface area contributed by atoms with Crippen molar-refractivity contribution in [3.63, 3.8) is 0 Å². The molecule has 114 valence electrons. The monoisotopic (exact) mass is 302 g/mol. The number of benzene rings is 2. The van der Waals surface area contributed by atoms with Crippen molar-refractivity contribution in [1.29, 1.82) is 0 Å². The van der Waals surface area contributed by atoms with Crippen molar-refractivity contribution in [2.24, 2.45) is 0 Å². The van der Waals surface area contributed by atoms with E-state index in [0.717, 1.165) is 0 Å². The lowest BCUT2D eigenvalue weighted by molar-refractivity contribution is 0.0172. The first kappa shape index (κ1) is 15.7. The molecule has 0 radical (unpaired) electrons. The van der Waals surface area contributed by atoms with Crippen LogP contribution in [-0.4, -0.2) is 32.4 Å². The van der Waals surface area contributed by atoms with Gasteiger partial charge >= 0.3 is 11.9 Å². The van der Waals surface area contributed by atoms with Crippen molar-refractivity contribution in [3.8, 4) is 0 Å². The van der Waals surface area contributed by atoms with Crippen LogP contribution < -0.4 is 0 Å². The molecule has 0 aliphatic heterocycles. The first-order chi connectivity index (χ1) is 10.4. The van der Waals surface area contributed by atoms with Crippen molar-refractivity contribution in [3.05, 3.63) is 70.8 Å². The predicted octanol–water partition coefficient (Wildman–Crippen LogP) is 1.85. The molecule has 0 aliphatic carbocycles. The van der Waals surface area contributed by atoms with Crippen molar-refractivity contribution < 1.29 is 30.0 Å². The van der Waals surface area contributed by atoms with E-state index in [1.807, 2.05) is 0 Å². The zero-order valence-electron chi connectivity index (χ0n) is 11.4. The van der Waals surface area contributed by atoms with Crippen molar-refractivity contribution in [2.75, 3.05) is 0 Å². The molecule has 0 bridgehead atoms. The van der Waals surface area contributed by atoms with Crippen molar-refractivity contribution >= 4 is 11.9 Å². The molecule has 2 rings (SSSR count). The Morgan fingerprint density at radius 2 is 0.909 bits per heavy atom. The topological polar surface area (TPSA) is 115 Å². The van der Waals surface area contributed by atoms with E-state index in [9.17, 15) is 19.8 Å². The van der Waals surface area contributed by atoms with E-state index >= 15 is 0 Å². The molecule has 0 aromatic heterocycles. The van der Waals surface area contributed by atoms with E-state index in [2.05, 4.69) is 0 Å². The SMILES string of the molecule is O=C(O)c1ccc([C@@H](O)[C@H](O)c2ccc(C(=O)O)cc2)cc1. The van der Waals surface area contributed by atoms with Crippen molar-refractivity contribution in [2.45, 2.75) is 12.2 Å². The Kier molecular flexibility index (Phi) is 4.55. The third-order valence-corrected chi connectivity index (χ3v) is 3.30. The molecular weight excluding hydrogens is 288 g/mol. The van der Waals surface area contributed by atoms with Gasteiger partial charge in [0.15, 0.2) is 0 Å². The number of aliphatic hydroxyl groups is 2. The molecule has 0 unspecified atom stereocenters. The third-order valence-electron chi connectivity index (χ3n) is 3.30. The van der Waals surface area contributed by atoms with E-state index in [1.54, 1.807) is 0 Å². The van der Waals surface area contributed by atoms with Gasteiger partial charge in [0.2, 0.25) is 0 Å². The van der Waals surface area contributed by atoms with Gasteiger partial charge in [-0.2, -0.15) is 0 Å². The predicted molar refractivity (Wildman–Crippen MR) is 76.7 cm³/mol. The van der Waals surface area contributed by atoms with Crippen LogP contribution in [0.25, 0.3) is 0 Å². The van der Waals surface area contributed by atoms with Crippen LogP contribution in [0.15, 0.2) is 48.5 Å². The van der Waals surface area contributed by atoms with Crippen LogP contribution in [0.4, 0.5) is 0 Å². The molecule has 4 N–H and O–H groups in total. The highest BCUT2D eigenvalue weighted by Gasteiger charge is 2.20. The van der Waals surface area contributed by atoms with Gasteiger partial charge in [0.25, 0.3) is 0 Å². The Morgan fingerprint density at radius 1 is 0.636 bits per heavy atom. The minimum Gasteiger partial charge on any atom is -0.478 e. The number of rotatable bonds is 5.